The highest BCUT2D eigenvalue weighted by Gasteiger charge is 2.29. The second-order valence-corrected chi connectivity index (χ2v) is 8.75. The van der Waals surface area contributed by atoms with Gasteiger partial charge in [0.05, 0.1) is 23.8 Å². The normalized spacial score (nSPS) is 16.6. The van der Waals surface area contributed by atoms with Crippen molar-refractivity contribution in [2.75, 3.05) is 13.1 Å². The Hall–Kier alpha value is -2.57. The number of likely N-dealkylation sites (tertiary alicyclic amines) is 1. The Morgan fingerprint density at radius 1 is 1.20 bits per heavy atom. The first-order chi connectivity index (χ1) is 14.6. The molecule has 1 atom stereocenters. The van der Waals surface area contributed by atoms with Crippen molar-refractivity contribution in [3.63, 3.8) is 0 Å². The average molecular weight is 422 g/mol. The summed E-state index contributed by atoms with van der Waals surface area (Å²) in [6.07, 6.45) is 3.89. The van der Waals surface area contributed by atoms with Gasteiger partial charge in [0.15, 0.2) is 0 Å². The van der Waals surface area contributed by atoms with Crippen molar-refractivity contribution in [1.29, 1.82) is 0 Å². The molecule has 3 aromatic rings. The van der Waals surface area contributed by atoms with E-state index in [1.165, 1.54) is 11.3 Å². The Balaban J connectivity index is 1.47. The third-order valence-corrected chi connectivity index (χ3v) is 6.54. The molecule has 30 heavy (non-hydrogen) atoms. The van der Waals surface area contributed by atoms with Crippen molar-refractivity contribution in [3.05, 3.63) is 81.1 Å². The molecular weight excluding hydrogens is 394 g/mol. The smallest absolute Gasteiger partial charge is 0.264 e. The molecule has 1 amide bonds. The van der Waals surface area contributed by atoms with E-state index in [0.29, 0.717) is 19.8 Å². The minimum absolute atomic E-state index is 0.139. The van der Waals surface area contributed by atoms with Crippen LogP contribution in [0.2, 0.25) is 0 Å². The molecular formula is C24H27N3O2S. The fraction of sp³-hybridized carbons (Fsp3) is 0.375. The van der Waals surface area contributed by atoms with E-state index >= 15 is 0 Å². The summed E-state index contributed by atoms with van der Waals surface area (Å²) in [6.45, 7) is 6.44. The zero-order valence-corrected chi connectivity index (χ0v) is 18.3. The fourth-order valence-corrected chi connectivity index (χ4v) is 4.84. The molecule has 0 spiro atoms. The third-order valence-electron chi connectivity index (χ3n) is 5.54. The molecule has 5 nitrogen and oxygen atoms in total. The first kappa shape index (κ1) is 20.7. The Kier molecular flexibility index (Phi) is 6.55. The van der Waals surface area contributed by atoms with Gasteiger partial charge in [-0.05, 0) is 49.3 Å². The lowest BCUT2D eigenvalue weighted by molar-refractivity contribution is 0.0707. The molecule has 0 saturated carbocycles. The molecule has 1 unspecified atom stereocenters. The van der Waals surface area contributed by atoms with Crippen LogP contribution < -0.4 is 0 Å². The second kappa shape index (κ2) is 9.49. The largest absolute Gasteiger partial charge is 0.372 e. The maximum Gasteiger partial charge on any atom is 0.264 e. The van der Waals surface area contributed by atoms with Gasteiger partial charge in [-0.1, -0.05) is 30.3 Å². The summed E-state index contributed by atoms with van der Waals surface area (Å²) in [6, 6.07) is 12.2. The van der Waals surface area contributed by atoms with Crippen LogP contribution in [0.1, 0.15) is 56.6 Å². The van der Waals surface area contributed by atoms with Gasteiger partial charge in [-0.15, -0.1) is 11.3 Å². The fourth-order valence-electron chi connectivity index (χ4n) is 3.95. The highest BCUT2D eigenvalue weighted by Crippen LogP contribution is 2.30. The Morgan fingerprint density at radius 3 is 2.80 bits per heavy atom. The molecule has 1 aliphatic rings. The number of piperidine rings is 1. The van der Waals surface area contributed by atoms with Crippen molar-refractivity contribution in [2.45, 2.75) is 45.8 Å². The number of hydrogen-bond acceptors (Lipinski definition) is 5. The van der Waals surface area contributed by atoms with Gasteiger partial charge < -0.3 is 9.64 Å². The predicted molar refractivity (Wildman–Crippen MR) is 119 cm³/mol. The molecule has 2 aromatic heterocycles. The van der Waals surface area contributed by atoms with Gasteiger partial charge in [-0.3, -0.25) is 4.79 Å². The molecule has 0 aliphatic carbocycles. The number of carbonyl (C=O) groups is 1. The lowest BCUT2D eigenvalue weighted by atomic mass is 9.92. The van der Waals surface area contributed by atoms with Gasteiger partial charge in [0.1, 0.15) is 5.82 Å². The van der Waals surface area contributed by atoms with E-state index in [1.54, 1.807) is 0 Å². The van der Waals surface area contributed by atoms with Crippen LogP contribution in [0.3, 0.4) is 0 Å². The maximum absolute atomic E-state index is 13.0. The number of nitrogens with zero attached hydrogens (tertiary/aromatic N) is 3. The minimum atomic E-state index is 0.139. The Labute approximate surface area is 181 Å². The van der Waals surface area contributed by atoms with Crippen LogP contribution in [-0.2, 0) is 18.0 Å². The van der Waals surface area contributed by atoms with Crippen molar-refractivity contribution in [1.82, 2.24) is 14.9 Å². The standard InChI is InChI=1S/C24H27N3O2S/c1-17-10-12-30-23(17)24(28)27-11-6-9-20(14-27)22-21(13-25-18(2)26-22)16-29-15-19-7-4-3-5-8-19/h3-5,7-8,10,12-13,20H,6,9,11,14-16H2,1-2H3. The van der Waals surface area contributed by atoms with Crippen molar-refractivity contribution >= 4 is 17.2 Å². The number of aryl methyl sites for hydroxylation is 2. The van der Waals surface area contributed by atoms with Crippen LogP contribution in [0.5, 0.6) is 0 Å². The van der Waals surface area contributed by atoms with E-state index in [1.807, 2.05) is 54.6 Å². The number of hydrogen-bond donors (Lipinski definition) is 0. The van der Waals surface area contributed by atoms with Gasteiger partial charge in [0.2, 0.25) is 0 Å². The molecule has 0 N–H and O–H groups in total. The van der Waals surface area contributed by atoms with E-state index in [4.69, 9.17) is 9.72 Å². The van der Waals surface area contributed by atoms with Crippen molar-refractivity contribution < 1.29 is 9.53 Å². The molecule has 0 radical (unpaired) electrons. The Morgan fingerprint density at radius 2 is 2.03 bits per heavy atom. The number of rotatable bonds is 6. The van der Waals surface area contributed by atoms with Crippen LogP contribution >= 0.6 is 11.3 Å². The second-order valence-electron chi connectivity index (χ2n) is 7.83. The first-order valence-electron chi connectivity index (χ1n) is 10.4. The third kappa shape index (κ3) is 4.77. The summed E-state index contributed by atoms with van der Waals surface area (Å²) in [7, 11) is 0. The van der Waals surface area contributed by atoms with Crippen LogP contribution in [0, 0.1) is 13.8 Å². The number of thiophene rings is 1. The average Bonchev–Trinajstić information content (AvgIpc) is 3.21. The summed E-state index contributed by atoms with van der Waals surface area (Å²) in [4.78, 5) is 25.0. The van der Waals surface area contributed by atoms with Gasteiger partial charge in [-0.25, -0.2) is 9.97 Å². The van der Waals surface area contributed by atoms with Crippen molar-refractivity contribution in [2.24, 2.45) is 0 Å². The zero-order chi connectivity index (χ0) is 20.9. The number of amides is 1. The molecule has 1 aliphatic heterocycles. The quantitative estimate of drug-likeness (QED) is 0.569. The van der Waals surface area contributed by atoms with Gasteiger partial charge in [0, 0.05) is 30.8 Å². The highest BCUT2D eigenvalue weighted by molar-refractivity contribution is 7.12. The number of carbonyl (C=O) groups excluding carboxylic acids is 1. The van der Waals surface area contributed by atoms with Crippen LogP contribution in [0.4, 0.5) is 0 Å². The SMILES string of the molecule is Cc1ncc(COCc2ccccc2)c(C2CCCN(C(=O)c3sccc3C)C2)n1. The van der Waals surface area contributed by atoms with E-state index in [2.05, 4.69) is 17.1 Å². The maximum atomic E-state index is 13.0. The number of benzene rings is 1. The minimum Gasteiger partial charge on any atom is -0.372 e. The molecule has 4 rings (SSSR count). The van der Waals surface area contributed by atoms with Crippen LogP contribution in [0.15, 0.2) is 48.0 Å². The van der Waals surface area contributed by atoms with Gasteiger partial charge >= 0.3 is 0 Å². The summed E-state index contributed by atoms with van der Waals surface area (Å²) in [5.74, 6) is 1.11. The summed E-state index contributed by atoms with van der Waals surface area (Å²) in [5.41, 5.74) is 4.24. The van der Waals surface area contributed by atoms with E-state index < -0.39 is 0 Å². The zero-order valence-electron chi connectivity index (χ0n) is 17.5. The summed E-state index contributed by atoms with van der Waals surface area (Å²) in [5, 5.41) is 1.99. The lowest BCUT2D eigenvalue weighted by Gasteiger charge is -2.33. The monoisotopic (exact) mass is 421 g/mol. The van der Waals surface area contributed by atoms with Gasteiger partial charge in [-0.2, -0.15) is 0 Å². The number of ether oxygens (including phenoxy) is 1. The predicted octanol–water partition coefficient (Wildman–Crippen LogP) is 4.89. The van der Waals surface area contributed by atoms with Crippen LogP contribution in [0.25, 0.3) is 0 Å². The summed E-state index contributed by atoms with van der Waals surface area (Å²) < 4.78 is 5.97. The lowest BCUT2D eigenvalue weighted by Crippen LogP contribution is -2.39. The molecule has 0 bridgehead atoms. The van der Waals surface area contributed by atoms with E-state index in [9.17, 15) is 4.79 Å². The molecule has 156 valence electrons. The molecule has 6 heteroatoms. The Bertz CT molecular complexity index is 1000. The topological polar surface area (TPSA) is 55.3 Å². The van der Waals surface area contributed by atoms with Crippen LogP contribution in [-0.4, -0.2) is 33.9 Å². The first-order valence-corrected chi connectivity index (χ1v) is 11.3. The van der Waals surface area contributed by atoms with Crippen molar-refractivity contribution in [3.8, 4) is 0 Å². The molecule has 1 saturated heterocycles. The van der Waals surface area contributed by atoms with Gasteiger partial charge in [0.25, 0.3) is 5.91 Å². The molecule has 1 aromatic carbocycles. The summed E-state index contributed by atoms with van der Waals surface area (Å²) >= 11 is 1.53. The van der Waals surface area contributed by atoms with E-state index in [0.717, 1.165) is 52.5 Å². The molecule has 1 fully saturated rings. The highest BCUT2D eigenvalue weighted by atomic mass is 32.1. The van der Waals surface area contributed by atoms with E-state index in [-0.39, 0.29) is 11.8 Å². The molecule has 3 heterocycles. The number of aromatic nitrogens is 2.